The van der Waals surface area contributed by atoms with E-state index in [2.05, 4.69) is 5.32 Å². The molecule has 1 saturated carbocycles. The Hall–Kier alpha value is -1.88. The predicted octanol–water partition coefficient (Wildman–Crippen LogP) is 1.23. The molecule has 1 aromatic carbocycles. The van der Waals surface area contributed by atoms with E-state index < -0.39 is 12.0 Å². The van der Waals surface area contributed by atoms with E-state index >= 15 is 0 Å². The predicted molar refractivity (Wildman–Crippen MR) is 73.3 cm³/mol. The summed E-state index contributed by atoms with van der Waals surface area (Å²) in [6.07, 6.45) is 2.59. The summed E-state index contributed by atoms with van der Waals surface area (Å²) in [7, 11) is 0. The summed E-state index contributed by atoms with van der Waals surface area (Å²) in [5.41, 5.74) is 0.874. The highest BCUT2D eigenvalue weighted by Gasteiger charge is 2.23. The number of hydrogen-bond donors (Lipinski definition) is 2. The van der Waals surface area contributed by atoms with Gasteiger partial charge in [0.05, 0.1) is 6.61 Å². The van der Waals surface area contributed by atoms with Gasteiger partial charge in [0.25, 0.3) is 0 Å². The Balaban J connectivity index is 1.78. The summed E-state index contributed by atoms with van der Waals surface area (Å²) < 4.78 is 5.25. The molecular weight excluding hydrogens is 258 g/mol. The molecule has 0 bridgehead atoms. The van der Waals surface area contributed by atoms with Gasteiger partial charge in [-0.25, -0.2) is 4.79 Å². The summed E-state index contributed by atoms with van der Waals surface area (Å²) in [5, 5.41) is 11.6. The lowest BCUT2D eigenvalue weighted by Gasteiger charge is -2.14. The zero-order valence-corrected chi connectivity index (χ0v) is 11.2. The van der Waals surface area contributed by atoms with Crippen molar-refractivity contribution in [3.8, 4) is 0 Å². The van der Waals surface area contributed by atoms with E-state index in [0.29, 0.717) is 12.5 Å². The third kappa shape index (κ3) is 5.01. The second-order valence-corrected chi connectivity index (χ2v) is 5.11. The monoisotopic (exact) mass is 277 g/mol. The van der Waals surface area contributed by atoms with E-state index in [1.165, 1.54) is 0 Å². The highest BCUT2D eigenvalue weighted by molar-refractivity contribution is 5.84. The third-order valence-electron chi connectivity index (χ3n) is 3.20. The molecule has 0 spiro atoms. The number of carboxylic acids is 1. The molecular formula is C15H19NO4. The lowest BCUT2D eigenvalue weighted by atomic mass is 10.1. The highest BCUT2D eigenvalue weighted by Crippen LogP contribution is 2.28. The van der Waals surface area contributed by atoms with E-state index in [9.17, 15) is 9.59 Å². The van der Waals surface area contributed by atoms with Crippen LogP contribution in [0.15, 0.2) is 30.3 Å². The summed E-state index contributed by atoms with van der Waals surface area (Å²) >= 11 is 0. The number of ether oxygens (including phenoxy) is 1. The Morgan fingerprint density at radius 2 is 2.00 bits per heavy atom. The number of hydrogen-bond acceptors (Lipinski definition) is 3. The number of amides is 1. The van der Waals surface area contributed by atoms with E-state index in [1.807, 2.05) is 30.3 Å². The maximum Gasteiger partial charge on any atom is 0.326 e. The quantitative estimate of drug-likeness (QED) is 0.749. The SMILES string of the molecule is O=C(COCC1CC1)N[C@H](Cc1ccccc1)C(=O)O. The van der Waals surface area contributed by atoms with Crippen LogP contribution in [0.4, 0.5) is 0 Å². The minimum Gasteiger partial charge on any atom is -0.480 e. The molecule has 0 saturated heterocycles. The van der Waals surface area contributed by atoms with Crippen molar-refractivity contribution in [1.29, 1.82) is 0 Å². The molecule has 1 fully saturated rings. The molecule has 0 radical (unpaired) electrons. The van der Waals surface area contributed by atoms with Crippen molar-refractivity contribution in [3.05, 3.63) is 35.9 Å². The fourth-order valence-corrected chi connectivity index (χ4v) is 1.89. The lowest BCUT2D eigenvalue weighted by Crippen LogP contribution is -2.43. The van der Waals surface area contributed by atoms with Gasteiger partial charge in [-0.3, -0.25) is 4.79 Å². The van der Waals surface area contributed by atoms with Crippen LogP contribution >= 0.6 is 0 Å². The first-order chi connectivity index (χ1) is 9.65. The van der Waals surface area contributed by atoms with Gasteiger partial charge in [0, 0.05) is 6.42 Å². The lowest BCUT2D eigenvalue weighted by molar-refractivity contribution is -0.142. The fraction of sp³-hybridized carbons (Fsp3) is 0.467. The minimum absolute atomic E-state index is 0.0743. The molecule has 0 aliphatic heterocycles. The molecule has 1 atom stereocenters. The van der Waals surface area contributed by atoms with Crippen molar-refractivity contribution in [3.63, 3.8) is 0 Å². The molecule has 0 aromatic heterocycles. The summed E-state index contributed by atoms with van der Waals surface area (Å²) in [5.74, 6) is -0.833. The molecule has 0 heterocycles. The van der Waals surface area contributed by atoms with Crippen LogP contribution in [0.25, 0.3) is 0 Å². The Morgan fingerprint density at radius 3 is 2.60 bits per heavy atom. The van der Waals surface area contributed by atoms with Crippen LogP contribution in [0, 0.1) is 5.92 Å². The Labute approximate surface area is 117 Å². The van der Waals surface area contributed by atoms with Crippen molar-refractivity contribution in [1.82, 2.24) is 5.32 Å². The minimum atomic E-state index is -1.04. The van der Waals surface area contributed by atoms with Gasteiger partial charge in [0.15, 0.2) is 0 Å². The number of carboxylic acid groups (broad SMARTS) is 1. The second-order valence-electron chi connectivity index (χ2n) is 5.11. The number of nitrogens with one attached hydrogen (secondary N) is 1. The van der Waals surface area contributed by atoms with E-state index in [4.69, 9.17) is 9.84 Å². The Bertz CT molecular complexity index is 456. The van der Waals surface area contributed by atoms with Crippen LogP contribution in [0.3, 0.4) is 0 Å². The van der Waals surface area contributed by atoms with Crippen LogP contribution < -0.4 is 5.32 Å². The average molecular weight is 277 g/mol. The van der Waals surface area contributed by atoms with Gasteiger partial charge in [-0.15, -0.1) is 0 Å². The van der Waals surface area contributed by atoms with Gasteiger partial charge in [-0.1, -0.05) is 30.3 Å². The molecule has 5 heteroatoms. The first kappa shape index (κ1) is 14.5. The van der Waals surface area contributed by atoms with Crippen LogP contribution in [0.2, 0.25) is 0 Å². The largest absolute Gasteiger partial charge is 0.480 e. The van der Waals surface area contributed by atoms with Crippen LogP contribution in [0.5, 0.6) is 0 Å². The number of aliphatic carboxylic acids is 1. The van der Waals surface area contributed by atoms with Crippen molar-refractivity contribution < 1.29 is 19.4 Å². The van der Waals surface area contributed by atoms with Gasteiger partial charge in [0.1, 0.15) is 12.6 Å². The van der Waals surface area contributed by atoms with E-state index in [1.54, 1.807) is 0 Å². The van der Waals surface area contributed by atoms with Crippen LogP contribution in [-0.4, -0.2) is 36.2 Å². The smallest absolute Gasteiger partial charge is 0.326 e. The van der Waals surface area contributed by atoms with Crippen LogP contribution in [0.1, 0.15) is 18.4 Å². The van der Waals surface area contributed by atoms with Crippen molar-refractivity contribution in [2.75, 3.05) is 13.2 Å². The third-order valence-corrected chi connectivity index (χ3v) is 3.20. The first-order valence-corrected chi connectivity index (χ1v) is 6.79. The Morgan fingerprint density at radius 1 is 1.30 bits per heavy atom. The van der Waals surface area contributed by atoms with Crippen molar-refractivity contribution in [2.45, 2.75) is 25.3 Å². The second kappa shape index (κ2) is 7.05. The maximum absolute atomic E-state index is 11.7. The molecule has 2 N–H and O–H groups in total. The van der Waals surface area contributed by atoms with E-state index in [-0.39, 0.29) is 18.9 Å². The molecule has 2 rings (SSSR count). The first-order valence-electron chi connectivity index (χ1n) is 6.79. The van der Waals surface area contributed by atoms with Crippen molar-refractivity contribution >= 4 is 11.9 Å². The maximum atomic E-state index is 11.7. The summed E-state index contributed by atoms with van der Waals surface area (Å²) in [4.78, 5) is 22.8. The van der Waals surface area contributed by atoms with Crippen LogP contribution in [-0.2, 0) is 20.7 Å². The number of benzene rings is 1. The van der Waals surface area contributed by atoms with Gasteiger partial charge in [0.2, 0.25) is 5.91 Å². The van der Waals surface area contributed by atoms with Gasteiger partial charge in [-0.05, 0) is 24.3 Å². The average Bonchev–Trinajstić information content (AvgIpc) is 3.23. The molecule has 1 amide bonds. The number of rotatable bonds is 8. The number of carbonyl (C=O) groups excluding carboxylic acids is 1. The summed E-state index contributed by atoms with van der Waals surface area (Å²) in [6.45, 7) is 0.513. The standard InChI is InChI=1S/C15H19NO4/c17-14(10-20-9-12-6-7-12)16-13(15(18)19)8-11-4-2-1-3-5-11/h1-5,12-13H,6-10H2,(H,16,17)(H,18,19)/t13-/m1/s1. The van der Waals surface area contributed by atoms with Crippen molar-refractivity contribution in [2.24, 2.45) is 5.92 Å². The zero-order chi connectivity index (χ0) is 14.4. The summed E-state index contributed by atoms with van der Waals surface area (Å²) in [6, 6.07) is 8.30. The molecule has 0 unspecified atom stereocenters. The molecule has 1 aromatic rings. The topological polar surface area (TPSA) is 75.6 Å². The highest BCUT2D eigenvalue weighted by atomic mass is 16.5. The van der Waals surface area contributed by atoms with Gasteiger partial charge in [-0.2, -0.15) is 0 Å². The molecule has 1 aliphatic carbocycles. The van der Waals surface area contributed by atoms with E-state index in [0.717, 1.165) is 18.4 Å². The Kier molecular flexibility index (Phi) is 5.12. The molecule has 5 nitrogen and oxygen atoms in total. The van der Waals surface area contributed by atoms with Gasteiger partial charge < -0.3 is 15.2 Å². The molecule has 20 heavy (non-hydrogen) atoms. The zero-order valence-electron chi connectivity index (χ0n) is 11.2. The normalized spacial score (nSPS) is 15.6. The fourth-order valence-electron chi connectivity index (χ4n) is 1.89. The number of carbonyl (C=O) groups is 2. The molecule has 108 valence electrons. The van der Waals surface area contributed by atoms with Gasteiger partial charge >= 0.3 is 5.97 Å². The molecule has 1 aliphatic rings.